The van der Waals surface area contributed by atoms with E-state index in [9.17, 15) is 0 Å². The lowest BCUT2D eigenvalue weighted by atomic mass is 10.0. The van der Waals surface area contributed by atoms with Gasteiger partial charge in [0.2, 0.25) is 0 Å². The summed E-state index contributed by atoms with van der Waals surface area (Å²) >= 11 is 0. The zero-order valence-electron chi connectivity index (χ0n) is 15.5. The Kier molecular flexibility index (Phi) is 3.74. The Morgan fingerprint density at radius 1 is 0.926 bits per heavy atom. The molecule has 136 valence electrons. The first-order valence-corrected chi connectivity index (χ1v) is 9.30. The van der Waals surface area contributed by atoms with E-state index in [0.717, 1.165) is 65.0 Å². The Labute approximate surface area is 158 Å². The molecule has 2 aromatic heterocycles. The molecule has 5 nitrogen and oxygen atoms in total. The Morgan fingerprint density at radius 3 is 2.63 bits per heavy atom. The predicted molar refractivity (Wildman–Crippen MR) is 104 cm³/mol. The molecule has 0 bridgehead atoms. The van der Waals surface area contributed by atoms with Crippen molar-refractivity contribution in [1.29, 1.82) is 0 Å². The number of pyridine rings is 2. The zero-order valence-corrected chi connectivity index (χ0v) is 15.5. The number of rotatable bonds is 1. The minimum absolute atomic E-state index is 0.467. The van der Waals surface area contributed by atoms with E-state index in [1.165, 1.54) is 5.56 Å². The van der Waals surface area contributed by atoms with Crippen molar-refractivity contribution in [3.05, 3.63) is 65.0 Å². The van der Waals surface area contributed by atoms with Crippen LogP contribution in [0.15, 0.2) is 42.7 Å². The van der Waals surface area contributed by atoms with Gasteiger partial charge in [-0.2, -0.15) is 0 Å². The van der Waals surface area contributed by atoms with Crippen molar-refractivity contribution in [3.8, 4) is 11.5 Å². The minimum Gasteiger partial charge on any atom is -0.491 e. The number of nitrogens with zero attached hydrogens (tertiary/aromatic N) is 3. The summed E-state index contributed by atoms with van der Waals surface area (Å²) in [6.45, 7) is 5.27. The second-order valence-corrected chi connectivity index (χ2v) is 7.17. The molecule has 1 aromatic carbocycles. The first-order chi connectivity index (χ1) is 13.2. The van der Waals surface area contributed by atoms with Crippen LogP contribution in [0.1, 0.15) is 28.7 Å². The number of fused-ring (bicyclic) bond motifs is 3. The van der Waals surface area contributed by atoms with Crippen LogP contribution < -0.4 is 14.4 Å². The van der Waals surface area contributed by atoms with Crippen molar-refractivity contribution in [3.63, 3.8) is 0 Å². The number of para-hydroxylation sites is 1. The van der Waals surface area contributed by atoms with E-state index >= 15 is 0 Å². The third-order valence-corrected chi connectivity index (χ3v) is 5.01. The highest BCUT2D eigenvalue weighted by Gasteiger charge is 2.29. The zero-order chi connectivity index (χ0) is 18.4. The van der Waals surface area contributed by atoms with Crippen molar-refractivity contribution < 1.29 is 9.47 Å². The van der Waals surface area contributed by atoms with Crippen molar-refractivity contribution in [2.75, 3.05) is 11.5 Å². The van der Waals surface area contributed by atoms with E-state index in [-0.39, 0.29) is 0 Å². The Balaban J connectivity index is 1.78. The van der Waals surface area contributed by atoms with Gasteiger partial charge in [0.1, 0.15) is 18.2 Å². The van der Waals surface area contributed by atoms with Gasteiger partial charge in [-0.3, -0.25) is 4.90 Å². The maximum atomic E-state index is 6.12. The van der Waals surface area contributed by atoms with Crippen LogP contribution in [0.25, 0.3) is 0 Å². The molecule has 0 amide bonds. The number of hydrogen-bond donors (Lipinski definition) is 0. The van der Waals surface area contributed by atoms with E-state index in [1.807, 2.05) is 32.3 Å². The molecule has 2 aliphatic rings. The number of aryl methyl sites for hydroxylation is 3. The molecule has 0 aliphatic carbocycles. The number of aromatic nitrogens is 2. The Morgan fingerprint density at radius 2 is 1.74 bits per heavy atom. The fourth-order valence-corrected chi connectivity index (χ4v) is 3.77. The first-order valence-electron chi connectivity index (χ1n) is 9.30. The van der Waals surface area contributed by atoms with Crippen LogP contribution in [0.5, 0.6) is 11.5 Å². The molecule has 5 heteroatoms. The molecule has 0 N–H and O–H groups in total. The highest BCUT2D eigenvalue weighted by molar-refractivity contribution is 5.82. The Bertz CT molecular complexity index is 979. The van der Waals surface area contributed by atoms with Gasteiger partial charge in [-0.1, -0.05) is 12.1 Å². The van der Waals surface area contributed by atoms with E-state index < -0.39 is 0 Å². The summed E-state index contributed by atoms with van der Waals surface area (Å²) in [5.74, 6) is 3.28. The lowest BCUT2D eigenvalue weighted by Gasteiger charge is -2.28. The number of hydrogen-bond acceptors (Lipinski definition) is 5. The summed E-state index contributed by atoms with van der Waals surface area (Å²) in [6, 6.07) is 10.5. The molecular weight excluding hydrogens is 338 g/mol. The molecule has 0 atom stereocenters. The van der Waals surface area contributed by atoms with Crippen LogP contribution in [0.2, 0.25) is 0 Å². The normalized spacial score (nSPS) is 15.0. The van der Waals surface area contributed by atoms with Gasteiger partial charge in [-0.25, -0.2) is 9.97 Å². The van der Waals surface area contributed by atoms with Crippen LogP contribution in [0.4, 0.5) is 17.3 Å². The quantitative estimate of drug-likeness (QED) is 0.626. The summed E-state index contributed by atoms with van der Waals surface area (Å²) in [7, 11) is 0. The molecule has 0 radical (unpaired) electrons. The second-order valence-electron chi connectivity index (χ2n) is 7.17. The molecule has 0 fully saturated rings. The van der Waals surface area contributed by atoms with Gasteiger partial charge < -0.3 is 9.47 Å². The number of benzene rings is 1. The average molecular weight is 359 g/mol. The largest absolute Gasteiger partial charge is 0.491 e. The fourth-order valence-electron chi connectivity index (χ4n) is 3.77. The van der Waals surface area contributed by atoms with Crippen LogP contribution in [0, 0.1) is 13.8 Å². The van der Waals surface area contributed by atoms with Gasteiger partial charge >= 0.3 is 0 Å². The lowest BCUT2D eigenvalue weighted by molar-refractivity contribution is 0.289. The topological polar surface area (TPSA) is 47.5 Å². The molecule has 2 aliphatic heterocycles. The molecular formula is C22H21N3O2. The highest BCUT2D eigenvalue weighted by Crippen LogP contribution is 2.47. The van der Waals surface area contributed by atoms with E-state index in [2.05, 4.69) is 29.2 Å². The van der Waals surface area contributed by atoms with Gasteiger partial charge in [0.25, 0.3) is 0 Å². The van der Waals surface area contributed by atoms with Gasteiger partial charge in [-0.05, 0) is 61.6 Å². The monoisotopic (exact) mass is 359 g/mol. The third-order valence-electron chi connectivity index (χ3n) is 5.01. The lowest BCUT2D eigenvalue weighted by Crippen LogP contribution is -2.18. The summed E-state index contributed by atoms with van der Waals surface area (Å²) < 4.78 is 12.2. The van der Waals surface area contributed by atoms with Gasteiger partial charge in [0.05, 0.1) is 12.3 Å². The van der Waals surface area contributed by atoms with Crippen LogP contribution >= 0.6 is 0 Å². The van der Waals surface area contributed by atoms with Crippen molar-refractivity contribution >= 4 is 17.3 Å². The maximum absolute atomic E-state index is 6.12. The number of ether oxygens (including phenoxy) is 2. The maximum Gasteiger partial charge on any atom is 0.181 e. The van der Waals surface area contributed by atoms with Crippen LogP contribution in [0.3, 0.4) is 0 Å². The van der Waals surface area contributed by atoms with Crippen molar-refractivity contribution in [1.82, 2.24) is 9.97 Å². The van der Waals surface area contributed by atoms with Crippen molar-refractivity contribution in [2.45, 2.75) is 33.3 Å². The molecule has 27 heavy (non-hydrogen) atoms. The minimum atomic E-state index is 0.467. The highest BCUT2D eigenvalue weighted by atomic mass is 16.5. The van der Waals surface area contributed by atoms with E-state index in [0.29, 0.717) is 6.61 Å². The molecule has 3 aromatic rings. The first kappa shape index (κ1) is 16.1. The smallest absolute Gasteiger partial charge is 0.181 e. The fraction of sp³-hybridized carbons (Fsp3) is 0.273. The molecule has 0 saturated heterocycles. The summed E-state index contributed by atoms with van der Waals surface area (Å²) in [4.78, 5) is 11.6. The SMILES string of the molecule is Cc1cnc2c(c1)COc1cc(C)cnc1N2c1cccc2c1OCCC2. The summed E-state index contributed by atoms with van der Waals surface area (Å²) in [5, 5.41) is 0. The van der Waals surface area contributed by atoms with Gasteiger partial charge in [0.15, 0.2) is 11.6 Å². The predicted octanol–water partition coefficient (Wildman–Crippen LogP) is 4.78. The molecule has 5 rings (SSSR count). The van der Waals surface area contributed by atoms with Crippen LogP contribution in [-0.4, -0.2) is 16.6 Å². The van der Waals surface area contributed by atoms with Crippen molar-refractivity contribution in [2.24, 2.45) is 0 Å². The average Bonchev–Trinajstić information content (AvgIpc) is 2.84. The van der Waals surface area contributed by atoms with Gasteiger partial charge in [0, 0.05) is 18.0 Å². The molecule has 4 heterocycles. The third kappa shape index (κ3) is 2.70. The standard InChI is InChI=1S/C22H21N3O2/c1-14-9-17-13-27-19-10-15(2)12-24-22(19)25(21(17)23-11-14)18-7-3-5-16-6-4-8-26-20(16)18/h3,5,7,9-12H,4,6,8,13H2,1-2H3. The van der Waals surface area contributed by atoms with Crippen LogP contribution in [-0.2, 0) is 13.0 Å². The number of anilines is 3. The molecule has 0 spiro atoms. The second kappa shape index (κ2) is 6.27. The molecule has 0 unspecified atom stereocenters. The van der Waals surface area contributed by atoms with E-state index in [4.69, 9.17) is 19.4 Å². The van der Waals surface area contributed by atoms with E-state index in [1.54, 1.807) is 0 Å². The molecule has 0 saturated carbocycles. The summed E-state index contributed by atoms with van der Waals surface area (Å²) in [5.41, 5.74) is 5.41. The Hall–Kier alpha value is -3.08. The summed E-state index contributed by atoms with van der Waals surface area (Å²) in [6.07, 6.45) is 5.82. The van der Waals surface area contributed by atoms with Gasteiger partial charge in [-0.15, -0.1) is 0 Å².